The van der Waals surface area contributed by atoms with E-state index in [1.54, 1.807) is 48.5 Å². The van der Waals surface area contributed by atoms with Crippen molar-refractivity contribution in [3.05, 3.63) is 72.8 Å². The first-order valence-electron chi connectivity index (χ1n) is 7.09. The third kappa shape index (κ3) is 3.40. The average Bonchev–Trinajstić information content (AvgIpc) is 2.56. The molecule has 0 aliphatic heterocycles. The van der Waals surface area contributed by atoms with Gasteiger partial charge in [0.25, 0.3) is 0 Å². The van der Waals surface area contributed by atoms with Crippen molar-refractivity contribution in [2.75, 3.05) is 0 Å². The van der Waals surface area contributed by atoms with Crippen molar-refractivity contribution in [2.24, 2.45) is 0 Å². The number of phenolic OH excluding ortho intramolecular Hbond substituents is 1. The molecule has 0 spiro atoms. The molecule has 0 aromatic heterocycles. The lowest BCUT2D eigenvalue weighted by Gasteiger charge is -2.16. The van der Waals surface area contributed by atoms with Crippen LogP contribution in [0.4, 0.5) is 0 Å². The molecule has 0 saturated heterocycles. The molecular formula is C18H14O5S. The standard InChI is InChI=1S/C18H14O5S/c19-15-11-12-16(23-24(20,21)22)18(14-9-5-2-6-10-14)17(15)13-7-3-1-4-8-13/h1-12,19H,(H,20,21,22). The van der Waals surface area contributed by atoms with Crippen LogP contribution in [-0.4, -0.2) is 18.1 Å². The molecule has 0 amide bonds. The minimum atomic E-state index is -4.70. The van der Waals surface area contributed by atoms with Crippen LogP contribution in [0.2, 0.25) is 0 Å². The van der Waals surface area contributed by atoms with Gasteiger partial charge in [-0.25, -0.2) is 0 Å². The Balaban J connectivity index is 2.34. The van der Waals surface area contributed by atoms with E-state index in [0.717, 1.165) is 0 Å². The van der Waals surface area contributed by atoms with Crippen LogP contribution < -0.4 is 4.18 Å². The van der Waals surface area contributed by atoms with Crippen molar-refractivity contribution in [3.8, 4) is 33.8 Å². The largest absolute Gasteiger partial charge is 0.507 e. The van der Waals surface area contributed by atoms with Crippen LogP contribution in [0.15, 0.2) is 72.8 Å². The Morgan fingerprint density at radius 2 is 1.21 bits per heavy atom. The number of hydrogen-bond acceptors (Lipinski definition) is 4. The molecule has 3 rings (SSSR count). The van der Waals surface area contributed by atoms with Gasteiger partial charge in [-0.2, -0.15) is 8.42 Å². The molecule has 0 unspecified atom stereocenters. The summed E-state index contributed by atoms with van der Waals surface area (Å²) in [6.07, 6.45) is 0. The lowest BCUT2D eigenvalue weighted by atomic mass is 9.93. The van der Waals surface area contributed by atoms with Crippen molar-refractivity contribution in [1.29, 1.82) is 0 Å². The van der Waals surface area contributed by atoms with E-state index in [2.05, 4.69) is 0 Å². The summed E-state index contributed by atoms with van der Waals surface area (Å²) < 4.78 is 36.2. The van der Waals surface area contributed by atoms with E-state index in [1.807, 2.05) is 12.1 Å². The van der Waals surface area contributed by atoms with Crippen LogP contribution in [0.25, 0.3) is 22.3 Å². The summed E-state index contributed by atoms with van der Waals surface area (Å²) in [5.74, 6) is -0.0944. The van der Waals surface area contributed by atoms with Crippen molar-refractivity contribution in [3.63, 3.8) is 0 Å². The molecule has 0 radical (unpaired) electrons. The third-order valence-electron chi connectivity index (χ3n) is 3.47. The summed E-state index contributed by atoms with van der Waals surface area (Å²) in [5, 5.41) is 10.4. The van der Waals surface area contributed by atoms with E-state index < -0.39 is 10.4 Å². The van der Waals surface area contributed by atoms with Gasteiger partial charge in [0.2, 0.25) is 0 Å². The zero-order chi connectivity index (χ0) is 17.2. The topological polar surface area (TPSA) is 83.8 Å². The van der Waals surface area contributed by atoms with Crippen molar-refractivity contribution in [1.82, 2.24) is 0 Å². The van der Waals surface area contributed by atoms with Crippen LogP contribution in [0.3, 0.4) is 0 Å². The molecule has 5 nitrogen and oxygen atoms in total. The Kier molecular flexibility index (Phi) is 4.24. The van der Waals surface area contributed by atoms with Crippen LogP contribution in [0.1, 0.15) is 0 Å². The lowest BCUT2D eigenvalue weighted by molar-refractivity contribution is 0.387. The lowest BCUT2D eigenvalue weighted by Crippen LogP contribution is -2.08. The normalized spacial score (nSPS) is 11.2. The summed E-state index contributed by atoms with van der Waals surface area (Å²) in [5.41, 5.74) is 2.13. The molecule has 0 bridgehead atoms. The van der Waals surface area contributed by atoms with Gasteiger partial charge in [0, 0.05) is 11.1 Å². The molecule has 24 heavy (non-hydrogen) atoms. The van der Waals surface area contributed by atoms with Gasteiger partial charge in [0.1, 0.15) is 5.75 Å². The van der Waals surface area contributed by atoms with Crippen LogP contribution in [0.5, 0.6) is 11.5 Å². The molecule has 0 atom stereocenters. The van der Waals surface area contributed by atoms with Gasteiger partial charge >= 0.3 is 10.4 Å². The first-order chi connectivity index (χ1) is 11.5. The molecular weight excluding hydrogens is 328 g/mol. The predicted molar refractivity (Wildman–Crippen MR) is 91.2 cm³/mol. The highest BCUT2D eigenvalue weighted by Gasteiger charge is 2.20. The van der Waals surface area contributed by atoms with E-state index in [4.69, 9.17) is 8.74 Å². The van der Waals surface area contributed by atoms with Crippen LogP contribution in [0, 0.1) is 0 Å². The van der Waals surface area contributed by atoms with Crippen molar-refractivity contribution >= 4 is 10.4 Å². The Morgan fingerprint density at radius 3 is 1.71 bits per heavy atom. The van der Waals surface area contributed by atoms with Gasteiger partial charge in [-0.15, -0.1) is 0 Å². The molecule has 0 saturated carbocycles. The summed E-state index contributed by atoms with van der Waals surface area (Å²) in [6.45, 7) is 0. The Morgan fingerprint density at radius 1 is 0.708 bits per heavy atom. The predicted octanol–water partition coefficient (Wildman–Crippen LogP) is 3.91. The number of hydrogen-bond donors (Lipinski definition) is 2. The molecule has 3 aromatic carbocycles. The van der Waals surface area contributed by atoms with E-state index in [0.29, 0.717) is 22.3 Å². The third-order valence-corrected chi connectivity index (χ3v) is 3.86. The molecule has 3 aromatic rings. The van der Waals surface area contributed by atoms with Crippen LogP contribution in [-0.2, 0) is 10.4 Å². The molecule has 122 valence electrons. The second-order valence-electron chi connectivity index (χ2n) is 5.08. The second-order valence-corrected chi connectivity index (χ2v) is 6.10. The smallest absolute Gasteiger partial charge is 0.446 e. The van der Waals surface area contributed by atoms with E-state index in [1.165, 1.54) is 12.1 Å². The summed E-state index contributed by atoms with van der Waals surface area (Å²) in [4.78, 5) is 0. The molecule has 0 aliphatic rings. The van der Waals surface area contributed by atoms with Crippen molar-refractivity contribution in [2.45, 2.75) is 0 Å². The number of aromatic hydroxyl groups is 1. The highest BCUT2D eigenvalue weighted by molar-refractivity contribution is 7.81. The minimum absolute atomic E-state index is 0.0252. The Hall–Kier alpha value is -2.83. The number of rotatable bonds is 4. The van der Waals surface area contributed by atoms with Gasteiger partial charge in [0.15, 0.2) is 5.75 Å². The van der Waals surface area contributed by atoms with E-state index in [9.17, 15) is 13.5 Å². The van der Waals surface area contributed by atoms with Gasteiger partial charge in [-0.05, 0) is 23.3 Å². The first-order valence-corrected chi connectivity index (χ1v) is 8.46. The quantitative estimate of drug-likeness (QED) is 0.702. The molecule has 2 N–H and O–H groups in total. The highest BCUT2D eigenvalue weighted by Crippen LogP contribution is 2.44. The fourth-order valence-corrected chi connectivity index (χ4v) is 2.91. The molecule has 6 heteroatoms. The van der Waals surface area contributed by atoms with Gasteiger partial charge in [0.05, 0.1) is 0 Å². The monoisotopic (exact) mass is 342 g/mol. The maximum absolute atomic E-state index is 11.2. The zero-order valence-corrected chi connectivity index (χ0v) is 13.3. The fourth-order valence-electron chi connectivity index (χ4n) is 2.54. The summed E-state index contributed by atoms with van der Waals surface area (Å²) in [6, 6.07) is 20.6. The maximum Gasteiger partial charge on any atom is 0.446 e. The van der Waals surface area contributed by atoms with Gasteiger partial charge in [-0.1, -0.05) is 60.7 Å². The number of benzene rings is 3. The minimum Gasteiger partial charge on any atom is -0.507 e. The van der Waals surface area contributed by atoms with Gasteiger partial charge in [-0.3, -0.25) is 4.55 Å². The fraction of sp³-hybridized carbons (Fsp3) is 0. The number of phenols is 1. The average molecular weight is 342 g/mol. The first kappa shape index (κ1) is 16.0. The zero-order valence-electron chi connectivity index (χ0n) is 12.5. The highest BCUT2D eigenvalue weighted by atomic mass is 32.3. The second kappa shape index (κ2) is 6.35. The van der Waals surface area contributed by atoms with Gasteiger partial charge < -0.3 is 9.29 Å². The van der Waals surface area contributed by atoms with E-state index in [-0.39, 0.29) is 11.5 Å². The maximum atomic E-state index is 11.2. The molecule has 0 heterocycles. The van der Waals surface area contributed by atoms with Crippen molar-refractivity contribution < 1.29 is 22.3 Å². The Labute approximate surface area is 139 Å². The SMILES string of the molecule is O=S(=O)(O)Oc1ccc(O)c(-c2ccccc2)c1-c1ccccc1. The summed E-state index contributed by atoms with van der Waals surface area (Å²) in [7, 11) is -4.70. The Bertz CT molecular complexity index is 951. The molecule has 0 fully saturated rings. The van der Waals surface area contributed by atoms with E-state index >= 15 is 0 Å². The van der Waals surface area contributed by atoms with Crippen LogP contribution >= 0.6 is 0 Å². The summed E-state index contributed by atoms with van der Waals surface area (Å²) >= 11 is 0. The molecule has 0 aliphatic carbocycles.